The van der Waals surface area contributed by atoms with Gasteiger partial charge in [-0.3, -0.25) is 4.79 Å². The van der Waals surface area contributed by atoms with Gasteiger partial charge in [0.1, 0.15) is 11.8 Å². The highest BCUT2D eigenvalue weighted by Gasteiger charge is 2.21. The van der Waals surface area contributed by atoms with Crippen molar-refractivity contribution in [2.24, 2.45) is 0 Å². The molecular weight excluding hydrogens is 254 g/mol. The molecule has 1 rings (SSSR count). The van der Waals surface area contributed by atoms with Crippen LogP contribution >= 0.6 is 0 Å². The third kappa shape index (κ3) is 5.53. The Labute approximate surface area is 108 Å². The Balaban J connectivity index is 2.52. The van der Waals surface area contributed by atoms with E-state index in [1.165, 1.54) is 12.1 Å². The van der Waals surface area contributed by atoms with Crippen LogP contribution in [0.1, 0.15) is 12.8 Å². The number of carboxylic acids is 2. The number of hydrogen-bond acceptors (Lipinski definition) is 4. The normalized spacial score (nSPS) is 11.4. The van der Waals surface area contributed by atoms with Crippen LogP contribution in [-0.2, 0) is 9.59 Å². The zero-order valence-electron chi connectivity index (χ0n) is 9.91. The summed E-state index contributed by atoms with van der Waals surface area (Å²) in [6.07, 6.45) is -1.51. The molecule has 7 heteroatoms. The van der Waals surface area contributed by atoms with Crippen LogP contribution in [0.4, 0.5) is 4.79 Å². The maximum Gasteiger partial charge on any atom is 0.413 e. The van der Waals surface area contributed by atoms with Gasteiger partial charge < -0.3 is 20.3 Å². The molecule has 0 aliphatic heterocycles. The molecule has 0 saturated carbocycles. The molecule has 7 nitrogen and oxygen atoms in total. The fraction of sp³-hybridized carbons (Fsp3) is 0.250. The van der Waals surface area contributed by atoms with E-state index in [0.29, 0.717) is 0 Å². The summed E-state index contributed by atoms with van der Waals surface area (Å²) in [4.78, 5) is 32.6. The average molecular weight is 267 g/mol. The summed E-state index contributed by atoms with van der Waals surface area (Å²) in [5, 5.41) is 19.4. The van der Waals surface area contributed by atoms with E-state index < -0.39 is 24.1 Å². The molecule has 1 atom stereocenters. The summed E-state index contributed by atoms with van der Waals surface area (Å²) in [6, 6.07) is 6.81. The van der Waals surface area contributed by atoms with E-state index in [9.17, 15) is 14.4 Å². The number of ether oxygens (including phenoxy) is 1. The summed E-state index contributed by atoms with van der Waals surface area (Å²) in [6.45, 7) is 0. The van der Waals surface area contributed by atoms with E-state index in [1.807, 2.05) is 0 Å². The van der Waals surface area contributed by atoms with Crippen LogP contribution in [0.2, 0.25) is 0 Å². The topological polar surface area (TPSA) is 113 Å². The Morgan fingerprint density at radius 1 is 1.16 bits per heavy atom. The molecule has 0 spiro atoms. The highest BCUT2D eigenvalue weighted by molar-refractivity contribution is 5.81. The zero-order valence-corrected chi connectivity index (χ0v) is 9.91. The number of rotatable bonds is 6. The number of nitrogens with one attached hydrogen (secondary N) is 1. The quantitative estimate of drug-likeness (QED) is 0.711. The lowest BCUT2D eigenvalue weighted by atomic mass is 10.1. The molecule has 102 valence electrons. The van der Waals surface area contributed by atoms with Crippen LogP contribution in [-0.4, -0.2) is 34.3 Å². The first-order valence-electron chi connectivity index (χ1n) is 5.47. The van der Waals surface area contributed by atoms with Crippen LogP contribution in [0.5, 0.6) is 5.75 Å². The van der Waals surface area contributed by atoms with Crippen molar-refractivity contribution in [3.8, 4) is 5.75 Å². The minimum Gasteiger partial charge on any atom is -0.481 e. The maximum atomic E-state index is 11.4. The zero-order chi connectivity index (χ0) is 14.3. The Hall–Kier alpha value is -2.57. The molecule has 1 unspecified atom stereocenters. The van der Waals surface area contributed by atoms with E-state index in [2.05, 4.69) is 5.32 Å². The van der Waals surface area contributed by atoms with Crippen molar-refractivity contribution in [2.75, 3.05) is 0 Å². The van der Waals surface area contributed by atoms with Gasteiger partial charge >= 0.3 is 18.0 Å². The van der Waals surface area contributed by atoms with Gasteiger partial charge in [-0.15, -0.1) is 0 Å². The first-order valence-corrected chi connectivity index (χ1v) is 5.47. The lowest BCUT2D eigenvalue weighted by Gasteiger charge is -2.13. The number of carbonyl (C=O) groups excluding carboxylic acids is 1. The summed E-state index contributed by atoms with van der Waals surface area (Å²) in [5.41, 5.74) is 0. The highest BCUT2D eigenvalue weighted by Crippen LogP contribution is 2.08. The van der Waals surface area contributed by atoms with E-state index in [0.717, 1.165) is 0 Å². The molecule has 1 aromatic carbocycles. The van der Waals surface area contributed by atoms with Gasteiger partial charge in [0.2, 0.25) is 0 Å². The van der Waals surface area contributed by atoms with Gasteiger partial charge in [0.05, 0.1) is 0 Å². The van der Waals surface area contributed by atoms with Gasteiger partial charge in [0.25, 0.3) is 0 Å². The van der Waals surface area contributed by atoms with Crippen LogP contribution in [0, 0.1) is 0 Å². The fourth-order valence-electron chi connectivity index (χ4n) is 1.29. The maximum absolute atomic E-state index is 11.4. The Kier molecular flexibility index (Phi) is 5.34. The first-order chi connectivity index (χ1) is 8.99. The number of amides is 1. The van der Waals surface area contributed by atoms with Crippen molar-refractivity contribution >= 4 is 18.0 Å². The smallest absolute Gasteiger partial charge is 0.413 e. The van der Waals surface area contributed by atoms with Crippen LogP contribution in [0.3, 0.4) is 0 Å². The van der Waals surface area contributed by atoms with E-state index >= 15 is 0 Å². The van der Waals surface area contributed by atoms with Crippen molar-refractivity contribution in [2.45, 2.75) is 18.9 Å². The second kappa shape index (κ2) is 7.00. The molecule has 19 heavy (non-hydrogen) atoms. The van der Waals surface area contributed by atoms with Crippen molar-refractivity contribution in [3.05, 3.63) is 30.3 Å². The molecule has 0 fully saturated rings. The number of hydrogen-bond donors (Lipinski definition) is 3. The third-order valence-corrected chi connectivity index (χ3v) is 2.19. The van der Waals surface area contributed by atoms with Crippen molar-refractivity contribution < 1.29 is 29.3 Å². The van der Waals surface area contributed by atoms with Gasteiger partial charge in [-0.2, -0.15) is 0 Å². The van der Waals surface area contributed by atoms with Gasteiger partial charge in [0.15, 0.2) is 0 Å². The van der Waals surface area contributed by atoms with E-state index in [-0.39, 0.29) is 18.6 Å². The van der Waals surface area contributed by atoms with Crippen LogP contribution in [0.15, 0.2) is 30.3 Å². The summed E-state index contributed by atoms with van der Waals surface area (Å²) >= 11 is 0. The number of benzene rings is 1. The number of carboxylic acid groups (broad SMARTS) is 2. The van der Waals surface area contributed by atoms with Crippen molar-refractivity contribution in [1.82, 2.24) is 5.32 Å². The first kappa shape index (κ1) is 14.5. The number of para-hydroxylation sites is 1. The largest absolute Gasteiger partial charge is 0.481 e. The van der Waals surface area contributed by atoms with Gasteiger partial charge in [-0.25, -0.2) is 9.59 Å². The average Bonchev–Trinajstić information content (AvgIpc) is 2.35. The van der Waals surface area contributed by atoms with Crippen LogP contribution in [0.25, 0.3) is 0 Å². The van der Waals surface area contributed by atoms with E-state index in [4.69, 9.17) is 14.9 Å². The number of carbonyl (C=O) groups is 3. The van der Waals surface area contributed by atoms with Gasteiger partial charge in [-0.05, 0) is 18.6 Å². The Morgan fingerprint density at radius 3 is 2.32 bits per heavy atom. The van der Waals surface area contributed by atoms with Crippen molar-refractivity contribution in [3.63, 3.8) is 0 Å². The molecule has 0 aliphatic rings. The molecule has 0 aliphatic carbocycles. The molecule has 1 amide bonds. The second-order valence-corrected chi connectivity index (χ2v) is 3.67. The third-order valence-electron chi connectivity index (χ3n) is 2.19. The van der Waals surface area contributed by atoms with Gasteiger partial charge in [-0.1, -0.05) is 18.2 Å². The van der Waals surface area contributed by atoms with Crippen LogP contribution < -0.4 is 10.1 Å². The fourth-order valence-corrected chi connectivity index (χ4v) is 1.29. The highest BCUT2D eigenvalue weighted by atomic mass is 16.6. The molecule has 0 saturated heterocycles. The predicted molar refractivity (Wildman–Crippen MR) is 63.9 cm³/mol. The lowest BCUT2D eigenvalue weighted by molar-refractivity contribution is -0.140. The molecule has 0 bridgehead atoms. The number of aliphatic carboxylic acids is 2. The Morgan fingerprint density at radius 2 is 1.79 bits per heavy atom. The Bertz CT molecular complexity index is 459. The molecule has 0 radical (unpaired) electrons. The second-order valence-electron chi connectivity index (χ2n) is 3.67. The molecule has 1 aromatic rings. The molecule has 0 aromatic heterocycles. The molecule has 3 N–H and O–H groups in total. The standard InChI is InChI=1S/C12H13NO6/c14-10(15)7-6-9(11(16)17)13-12(18)19-8-4-2-1-3-5-8/h1-5,9H,6-7H2,(H,13,18)(H,14,15)(H,16,17). The predicted octanol–water partition coefficient (Wildman–Crippen LogP) is 1.09. The minimum absolute atomic E-state index is 0.214. The van der Waals surface area contributed by atoms with Crippen molar-refractivity contribution in [1.29, 1.82) is 0 Å². The molecule has 0 heterocycles. The SMILES string of the molecule is O=C(O)CCC(NC(=O)Oc1ccccc1)C(=O)O. The van der Waals surface area contributed by atoms with Gasteiger partial charge in [0, 0.05) is 6.42 Å². The summed E-state index contributed by atoms with van der Waals surface area (Å²) in [5.74, 6) is -2.18. The molecular formula is C12H13NO6. The summed E-state index contributed by atoms with van der Waals surface area (Å²) in [7, 11) is 0. The summed E-state index contributed by atoms with van der Waals surface area (Å²) < 4.78 is 4.84. The monoisotopic (exact) mass is 267 g/mol. The minimum atomic E-state index is -1.31. The lowest BCUT2D eigenvalue weighted by Crippen LogP contribution is -2.42. The van der Waals surface area contributed by atoms with E-state index in [1.54, 1.807) is 18.2 Å².